The SMILES string of the molecule is COC=C1CC=C(C(=O)O)C(=O)C1. The number of ketones is 1. The van der Waals surface area contributed by atoms with E-state index in [1.807, 2.05) is 0 Å². The zero-order valence-electron chi connectivity index (χ0n) is 7.24. The van der Waals surface area contributed by atoms with Crippen molar-refractivity contribution in [1.29, 1.82) is 0 Å². The largest absolute Gasteiger partial charge is 0.504 e. The Morgan fingerprint density at radius 2 is 2.38 bits per heavy atom. The van der Waals surface area contributed by atoms with E-state index < -0.39 is 5.97 Å². The number of hydrogen-bond acceptors (Lipinski definition) is 3. The number of allylic oxidation sites excluding steroid dienone is 2. The fourth-order valence-electron chi connectivity index (χ4n) is 1.18. The lowest BCUT2D eigenvalue weighted by molar-refractivity contribution is -0.134. The number of carboxylic acid groups (broad SMARTS) is 1. The van der Waals surface area contributed by atoms with E-state index in [0.717, 1.165) is 5.57 Å². The summed E-state index contributed by atoms with van der Waals surface area (Å²) >= 11 is 0. The number of Topliss-reactive ketones (excluding diaryl/α,β-unsaturated/α-hetero) is 1. The normalized spacial score (nSPS) is 19.9. The van der Waals surface area contributed by atoms with Crippen molar-refractivity contribution >= 4 is 11.8 Å². The van der Waals surface area contributed by atoms with Gasteiger partial charge >= 0.3 is 5.97 Å². The van der Waals surface area contributed by atoms with Crippen LogP contribution in [0.5, 0.6) is 0 Å². The molecule has 0 spiro atoms. The molecule has 1 rings (SSSR count). The third-order valence-electron chi connectivity index (χ3n) is 1.77. The summed E-state index contributed by atoms with van der Waals surface area (Å²) in [7, 11) is 1.49. The molecule has 4 nitrogen and oxygen atoms in total. The van der Waals surface area contributed by atoms with Gasteiger partial charge in [-0.15, -0.1) is 0 Å². The number of carboxylic acids is 1. The Kier molecular flexibility index (Phi) is 2.84. The molecule has 0 unspecified atom stereocenters. The lowest BCUT2D eigenvalue weighted by Gasteiger charge is -2.10. The van der Waals surface area contributed by atoms with Crippen LogP contribution < -0.4 is 0 Å². The number of carbonyl (C=O) groups excluding carboxylic acids is 1. The standard InChI is InChI=1S/C9H10O4/c1-13-5-6-2-3-7(9(11)12)8(10)4-6/h3,5H,2,4H2,1H3,(H,11,12). The van der Waals surface area contributed by atoms with Crippen molar-refractivity contribution in [2.75, 3.05) is 7.11 Å². The van der Waals surface area contributed by atoms with Gasteiger partial charge in [0.15, 0.2) is 5.78 Å². The number of methoxy groups -OCH3 is 1. The van der Waals surface area contributed by atoms with Gasteiger partial charge in [0, 0.05) is 6.42 Å². The summed E-state index contributed by atoms with van der Waals surface area (Å²) in [5, 5.41) is 8.58. The second-order valence-corrected chi connectivity index (χ2v) is 2.74. The molecule has 0 aromatic heterocycles. The molecule has 0 atom stereocenters. The van der Waals surface area contributed by atoms with Crippen LogP contribution in [0.3, 0.4) is 0 Å². The first-order valence-corrected chi connectivity index (χ1v) is 3.82. The molecular weight excluding hydrogens is 172 g/mol. The van der Waals surface area contributed by atoms with E-state index in [9.17, 15) is 9.59 Å². The number of ether oxygens (including phenoxy) is 1. The highest BCUT2D eigenvalue weighted by molar-refractivity contribution is 6.17. The van der Waals surface area contributed by atoms with Crippen LogP contribution in [0.1, 0.15) is 12.8 Å². The molecule has 1 N–H and O–H groups in total. The first-order valence-electron chi connectivity index (χ1n) is 3.82. The van der Waals surface area contributed by atoms with Gasteiger partial charge < -0.3 is 9.84 Å². The van der Waals surface area contributed by atoms with Gasteiger partial charge in [-0.25, -0.2) is 4.79 Å². The van der Waals surface area contributed by atoms with Gasteiger partial charge in [0.2, 0.25) is 0 Å². The maximum atomic E-state index is 11.2. The van der Waals surface area contributed by atoms with E-state index in [1.165, 1.54) is 19.4 Å². The average molecular weight is 182 g/mol. The second-order valence-electron chi connectivity index (χ2n) is 2.74. The van der Waals surface area contributed by atoms with Gasteiger partial charge in [0.1, 0.15) is 0 Å². The molecule has 0 amide bonds. The number of carbonyl (C=O) groups is 2. The van der Waals surface area contributed by atoms with Crippen LogP contribution in [0.15, 0.2) is 23.5 Å². The van der Waals surface area contributed by atoms with Crippen LogP contribution in [0.25, 0.3) is 0 Å². The summed E-state index contributed by atoms with van der Waals surface area (Å²) in [4.78, 5) is 21.7. The fraction of sp³-hybridized carbons (Fsp3) is 0.333. The number of hydrogen-bond donors (Lipinski definition) is 1. The molecule has 0 radical (unpaired) electrons. The molecule has 1 aliphatic carbocycles. The van der Waals surface area contributed by atoms with Crippen LogP contribution in [0.4, 0.5) is 0 Å². The molecule has 0 aromatic rings. The lowest BCUT2D eigenvalue weighted by atomic mass is 9.94. The van der Waals surface area contributed by atoms with Crippen molar-refractivity contribution < 1.29 is 19.4 Å². The van der Waals surface area contributed by atoms with Gasteiger partial charge in [0.05, 0.1) is 18.9 Å². The summed E-state index contributed by atoms with van der Waals surface area (Å²) in [5.74, 6) is -1.51. The number of rotatable bonds is 2. The Morgan fingerprint density at radius 1 is 1.69 bits per heavy atom. The monoisotopic (exact) mass is 182 g/mol. The quantitative estimate of drug-likeness (QED) is 0.508. The molecule has 4 heteroatoms. The third kappa shape index (κ3) is 2.18. The van der Waals surface area contributed by atoms with Gasteiger partial charge in [-0.1, -0.05) is 6.08 Å². The second kappa shape index (κ2) is 3.89. The molecular formula is C9H10O4. The topological polar surface area (TPSA) is 63.6 Å². The fourth-order valence-corrected chi connectivity index (χ4v) is 1.18. The average Bonchev–Trinajstić information content (AvgIpc) is 2.04. The summed E-state index contributed by atoms with van der Waals surface area (Å²) < 4.78 is 4.73. The van der Waals surface area contributed by atoms with E-state index in [-0.39, 0.29) is 17.8 Å². The maximum absolute atomic E-state index is 11.2. The van der Waals surface area contributed by atoms with Crippen molar-refractivity contribution in [2.45, 2.75) is 12.8 Å². The Morgan fingerprint density at radius 3 is 2.85 bits per heavy atom. The van der Waals surface area contributed by atoms with Crippen LogP contribution >= 0.6 is 0 Å². The van der Waals surface area contributed by atoms with Gasteiger partial charge in [-0.2, -0.15) is 0 Å². The molecule has 0 aromatic carbocycles. The molecule has 0 aliphatic heterocycles. The molecule has 0 fully saturated rings. The molecule has 0 bridgehead atoms. The smallest absolute Gasteiger partial charge is 0.339 e. The van der Waals surface area contributed by atoms with Crippen molar-refractivity contribution in [3.05, 3.63) is 23.5 Å². The van der Waals surface area contributed by atoms with Crippen molar-refractivity contribution in [1.82, 2.24) is 0 Å². The van der Waals surface area contributed by atoms with Gasteiger partial charge in [-0.05, 0) is 12.0 Å². The van der Waals surface area contributed by atoms with Crippen LogP contribution in [-0.4, -0.2) is 24.0 Å². The summed E-state index contributed by atoms with van der Waals surface area (Å²) in [6.07, 6.45) is 3.51. The summed E-state index contributed by atoms with van der Waals surface area (Å²) in [6.45, 7) is 0. The number of aliphatic carboxylic acids is 1. The molecule has 70 valence electrons. The van der Waals surface area contributed by atoms with E-state index in [4.69, 9.17) is 9.84 Å². The van der Waals surface area contributed by atoms with Crippen LogP contribution in [-0.2, 0) is 14.3 Å². The highest BCUT2D eigenvalue weighted by Crippen LogP contribution is 2.19. The minimum atomic E-state index is -1.15. The van der Waals surface area contributed by atoms with Gasteiger partial charge in [0.25, 0.3) is 0 Å². The first kappa shape index (κ1) is 9.51. The van der Waals surface area contributed by atoms with Crippen LogP contribution in [0, 0.1) is 0 Å². The third-order valence-corrected chi connectivity index (χ3v) is 1.77. The van der Waals surface area contributed by atoms with Gasteiger partial charge in [-0.3, -0.25) is 4.79 Å². The van der Waals surface area contributed by atoms with E-state index >= 15 is 0 Å². The Bertz CT molecular complexity index is 299. The Balaban J connectivity index is 2.81. The summed E-state index contributed by atoms with van der Waals surface area (Å²) in [6, 6.07) is 0. The highest BCUT2D eigenvalue weighted by Gasteiger charge is 2.22. The lowest BCUT2D eigenvalue weighted by Crippen LogP contribution is -2.16. The maximum Gasteiger partial charge on any atom is 0.339 e. The zero-order valence-corrected chi connectivity index (χ0v) is 7.24. The van der Waals surface area contributed by atoms with E-state index in [1.54, 1.807) is 0 Å². The predicted molar refractivity (Wildman–Crippen MR) is 45.1 cm³/mol. The van der Waals surface area contributed by atoms with E-state index in [0.29, 0.717) is 6.42 Å². The first-order chi connectivity index (χ1) is 6.15. The minimum absolute atomic E-state index is 0.117. The zero-order chi connectivity index (χ0) is 9.84. The highest BCUT2D eigenvalue weighted by atomic mass is 16.5. The molecule has 1 aliphatic rings. The predicted octanol–water partition coefficient (Wildman–Crippen LogP) is 0.891. The molecule has 0 heterocycles. The Labute approximate surface area is 75.5 Å². The summed E-state index contributed by atoms with van der Waals surface area (Å²) in [5.41, 5.74) is 0.686. The van der Waals surface area contributed by atoms with Crippen LogP contribution in [0.2, 0.25) is 0 Å². The van der Waals surface area contributed by atoms with E-state index in [2.05, 4.69) is 0 Å². The molecule has 0 saturated carbocycles. The van der Waals surface area contributed by atoms with Crippen molar-refractivity contribution in [2.24, 2.45) is 0 Å². The van der Waals surface area contributed by atoms with Crippen molar-refractivity contribution in [3.8, 4) is 0 Å². The molecule has 13 heavy (non-hydrogen) atoms. The van der Waals surface area contributed by atoms with Crippen molar-refractivity contribution in [3.63, 3.8) is 0 Å². The molecule has 0 saturated heterocycles. The minimum Gasteiger partial charge on any atom is -0.504 e. The Hall–Kier alpha value is -1.58.